The molecule has 0 aliphatic rings. The van der Waals surface area contributed by atoms with Crippen LogP contribution in [-0.2, 0) is 0 Å². The van der Waals surface area contributed by atoms with E-state index in [4.69, 9.17) is 0 Å². The Morgan fingerprint density at radius 1 is 0.305 bits per heavy atom. The SMILES string of the molecule is c1ccc2cc(N(c3ccc(-c4ccc5sc6ccccc6c5c4)cc3)c3ccc(-c4ccc5c(c4)c4ccccc4n5-c4ccc5ccccc5c4)cc3)ccc2c1. The van der Waals surface area contributed by atoms with Crippen molar-refractivity contribution < 1.29 is 0 Å². The molecule has 59 heavy (non-hydrogen) atoms. The highest BCUT2D eigenvalue weighted by Crippen LogP contribution is 2.41. The molecule has 3 heteroatoms. The second kappa shape index (κ2) is 13.6. The smallest absolute Gasteiger partial charge is 0.0541 e. The van der Waals surface area contributed by atoms with Crippen LogP contribution in [0.25, 0.3) is 91.5 Å². The third-order valence-electron chi connectivity index (χ3n) is 11.9. The number of para-hydroxylation sites is 1. The Kier molecular flexibility index (Phi) is 7.75. The Labute approximate surface area is 346 Å². The van der Waals surface area contributed by atoms with Gasteiger partial charge in [0.25, 0.3) is 0 Å². The molecule has 2 heterocycles. The summed E-state index contributed by atoms with van der Waals surface area (Å²) in [6.07, 6.45) is 0. The van der Waals surface area contributed by atoms with Crippen molar-refractivity contribution in [1.29, 1.82) is 0 Å². The topological polar surface area (TPSA) is 8.17 Å². The summed E-state index contributed by atoms with van der Waals surface area (Å²) in [5, 5.41) is 10.1. The van der Waals surface area contributed by atoms with Crippen LogP contribution in [0.3, 0.4) is 0 Å². The molecule has 0 aliphatic carbocycles. The number of nitrogens with zero attached hydrogens (tertiary/aromatic N) is 2. The highest BCUT2D eigenvalue weighted by Gasteiger charge is 2.17. The van der Waals surface area contributed by atoms with Gasteiger partial charge in [-0.3, -0.25) is 0 Å². The van der Waals surface area contributed by atoms with Crippen molar-refractivity contribution in [2.75, 3.05) is 4.90 Å². The number of aromatic nitrogens is 1. The Bertz CT molecular complexity index is 3550. The maximum absolute atomic E-state index is 2.40. The molecule has 0 amide bonds. The van der Waals surface area contributed by atoms with Gasteiger partial charge in [-0.1, -0.05) is 133 Å². The fraction of sp³-hybridized carbons (Fsp3) is 0. The van der Waals surface area contributed by atoms with E-state index in [-0.39, 0.29) is 0 Å². The lowest BCUT2D eigenvalue weighted by atomic mass is 10.0. The Morgan fingerprint density at radius 2 is 0.814 bits per heavy atom. The van der Waals surface area contributed by atoms with Crippen LogP contribution in [0, 0.1) is 0 Å². The maximum Gasteiger partial charge on any atom is 0.0541 e. The van der Waals surface area contributed by atoms with Crippen molar-refractivity contribution in [2.24, 2.45) is 0 Å². The van der Waals surface area contributed by atoms with Gasteiger partial charge in [0.05, 0.1) is 11.0 Å². The zero-order valence-electron chi connectivity index (χ0n) is 32.1. The largest absolute Gasteiger partial charge is 0.310 e. The summed E-state index contributed by atoms with van der Waals surface area (Å²) in [5.41, 5.74) is 11.7. The summed E-state index contributed by atoms with van der Waals surface area (Å²) < 4.78 is 5.06. The van der Waals surface area contributed by atoms with E-state index in [1.54, 1.807) is 0 Å². The van der Waals surface area contributed by atoms with E-state index in [9.17, 15) is 0 Å². The lowest BCUT2D eigenvalue weighted by Crippen LogP contribution is -2.09. The minimum Gasteiger partial charge on any atom is -0.310 e. The Hall–Kier alpha value is -7.46. The molecular weight excluding hydrogens is 733 g/mol. The van der Waals surface area contributed by atoms with E-state index in [0.717, 1.165) is 17.1 Å². The van der Waals surface area contributed by atoms with E-state index in [1.807, 2.05) is 11.3 Å². The summed E-state index contributed by atoms with van der Waals surface area (Å²) in [6, 6.07) is 80.0. The molecule has 0 bridgehead atoms. The fourth-order valence-corrected chi connectivity index (χ4v) is 10.1. The van der Waals surface area contributed by atoms with E-state index >= 15 is 0 Å². The molecule has 0 unspecified atom stereocenters. The molecule has 0 saturated carbocycles. The van der Waals surface area contributed by atoms with E-state index in [0.29, 0.717) is 0 Å². The standard InChI is InChI=1S/C56H36N2S/c1-3-11-41-33-47(29-21-37(41)9-1)57(46-27-19-40(20-28-46)44-24-32-56-52(36-44)50-14-6-8-16-55(50)59-56)45-25-17-39(18-26-45)43-23-31-54-51(35-43)49-13-5-7-15-53(49)58(54)48-30-22-38-10-2-4-12-42(38)34-48/h1-36H. The predicted molar refractivity (Wildman–Crippen MR) is 254 cm³/mol. The molecule has 0 aliphatic heterocycles. The van der Waals surface area contributed by atoms with Crippen LogP contribution in [0.4, 0.5) is 17.1 Å². The third kappa shape index (κ3) is 5.70. The van der Waals surface area contributed by atoms with Crippen molar-refractivity contribution in [3.05, 3.63) is 218 Å². The number of anilines is 3. The highest BCUT2D eigenvalue weighted by atomic mass is 32.1. The van der Waals surface area contributed by atoms with Crippen LogP contribution < -0.4 is 4.90 Å². The number of rotatable bonds is 6. The molecule has 0 spiro atoms. The van der Waals surface area contributed by atoms with Crippen LogP contribution in [0.5, 0.6) is 0 Å². The van der Waals surface area contributed by atoms with Gasteiger partial charge in [-0.25, -0.2) is 0 Å². The lowest BCUT2D eigenvalue weighted by molar-refractivity contribution is 1.19. The molecule has 0 fully saturated rings. The Morgan fingerprint density at radius 3 is 1.54 bits per heavy atom. The lowest BCUT2D eigenvalue weighted by Gasteiger charge is -2.26. The average molecular weight is 769 g/mol. The molecule has 276 valence electrons. The number of hydrogen-bond acceptors (Lipinski definition) is 2. The van der Waals surface area contributed by atoms with Gasteiger partial charge in [0.15, 0.2) is 0 Å². The summed E-state index contributed by atoms with van der Waals surface area (Å²) in [7, 11) is 0. The van der Waals surface area contributed by atoms with Crippen LogP contribution in [-0.4, -0.2) is 4.57 Å². The van der Waals surface area contributed by atoms with Gasteiger partial charge in [0.2, 0.25) is 0 Å². The molecule has 0 N–H and O–H groups in total. The molecular formula is C56H36N2S. The van der Waals surface area contributed by atoms with Crippen molar-refractivity contribution in [3.63, 3.8) is 0 Å². The number of thiophene rings is 1. The first-order valence-corrected chi connectivity index (χ1v) is 21.0. The second-order valence-electron chi connectivity index (χ2n) is 15.4. The zero-order chi connectivity index (χ0) is 38.9. The summed E-state index contributed by atoms with van der Waals surface area (Å²) in [4.78, 5) is 2.37. The van der Waals surface area contributed by atoms with Gasteiger partial charge < -0.3 is 9.47 Å². The Balaban J connectivity index is 0.927. The van der Waals surface area contributed by atoms with Gasteiger partial charge in [-0.15, -0.1) is 11.3 Å². The minimum absolute atomic E-state index is 1.11. The van der Waals surface area contributed by atoms with Crippen LogP contribution in [0.1, 0.15) is 0 Å². The highest BCUT2D eigenvalue weighted by molar-refractivity contribution is 7.25. The minimum atomic E-state index is 1.11. The molecule has 0 saturated heterocycles. The van der Waals surface area contributed by atoms with Gasteiger partial charge in [-0.05, 0) is 129 Å². The number of fused-ring (bicyclic) bond motifs is 8. The molecule has 0 radical (unpaired) electrons. The van der Waals surface area contributed by atoms with Gasteiger partial charge in [0.1, 0.15) is 0 Å². The van der Waals surface area contributed by atoms with E-state index in [1.165, 1.54) is 91.5 Å². The summed E-state index contributed by atoms with van der Waals surface area (Å²) in [6.45, 7) is 0. The van der Waals surface area contributed by atoms with Crippen LogP contribution >= 0.6 is 11.3 Å². The summed E-state index contributed by atoms with van der Waals surface area (Å²) >= 11 is 1.86. The number of hydrogen-bond donors (Lipinski definition) is 0. The monoisotopic (exact) mass is 768 g/mol. The quantitative estimate of drug-likeness (QED) is 0.164. The molecule has 2 nitrogen and oxygen atoms in total. The zero-order valence-corrected chi connectivity index (χ0v) is 32.9. The first kappa shape index (κ1) is 33.7. The van der Waals surface area contributed by atoms with Crippen molar-refractivity contribution in [2.45, 2.75) is 0 Å². The first-order valence-electron chi connectivity index (χ1n) is 20.2. The fourth-order valence-electron chi connectivity index (χ4n) is 9.02. The molecule has 12 aromatic rings. The maximum atomic E-state index is 2.40. The van der Waals surface area contributed by atoms with E-state index < -0.39 is 0 Å². The number of benzene rings is 10. The van der Waals surface area contributed by atoms with Crippen molar-refractivity contribution in [3.8, 4) is 27.9 Å². The first-order chi connectivity index (χ1) is 29.2. The van der Waals surface area contributed by atoms with Gasteiger partial charge >= 0.3 is 0 Å². The average Bonchev–Trinajstić information content (AvgIpc) is 3.84. The van der Waals surface area contributed by atoms with Crippen molar-refractivity contribution in [1.82, 2.24) is 4.57 Å². The molecule has 0 atom stereocenters. The molecule has 12 rings (SSSR count). The second-order valence-corrected chi connectivity index (χ2v) is 16.5. The van der Waals surface area contributed by atoms with Gasteiger partial charge in [0, 0.05) is 53.7 Å². The van der Waals surface area contributed by atoms with Crippen LogP contribution in [0.15, 0.2) is 218 Å². The summed E-state index contributed by atoms with van der Waals surface area (Å²) in [5.74, 6) is 0. The van der Waals surface area contributed by atoms with E-state index in [2.05, 4.69) is 228 Å². The predicted octanol–water partition coefficient (Wildman–Crippen LogP) is 16.3. The van der Waals surface area contributed by atoms with Crippen LogP contribution in [0.2, 0.25) is 0 Å². The molecule has 10 aromatic carbocycles. The third-order valence-corrected chi connectivity index (χ3v) is 13.1. The van der Waals surface area contributed by atoms with Crippen molar-refractivity contribution >= 4 is 91.9 Å². The van der Waals surface area contributed by atoms with Gasteiger partial charge in [-0.2, -0.15) is 0 Å². The normalized spacial score (nSPS) is 11.7. The molecule has 2 aromatic heterocycles.